The minimum atomic E-state index is 0.653. The number of aromatic nitrogens is 3. The molecule has 1 N–H and O–H groups in total. The zero-order valence-corrected chi connectivity index (χ0v) is 4.78. The van der Waals surface area contributed by atoms with Crippen LogP contribution in [0.2, 0.25) is 0 Å². The normalized spacial score (nSPS) is 8.44. The first-order valence-electron chi connectivity index (χ1n) is 2.45. The van der Waals surface area contributed by atoms with Crippen molar-refractivity contribution in [3.63, 3.8) is 0 Å². The second-order valence-corrected chi connectivity index (χ2v) is 1.35. The number of rotatable bonds is 2. The van der Waals surface area contributed by atoms with Gasteiger partial charge in [-0.2, -0.15) is 0 Å². The smallest absolute Gasteiger partial charge is 0.155 e. The lowest BCUT2D eigenvalue weighted by molar-refractivity contribution is 0.870. The SMILES string of the molecule is C=CNc1ccnnn1. The lowest BCUT2D eigenvalue weighted by atomic mass is 10.6. The van der Waals surface area contributed by atoms with E-state index in [1.807, 2.05) is 0 Å². The highest BCUT2D eigenvalue weighted by Gasteiger charge is 1.83. The highest BCUT2D eigenvalue weighted by Crippen LogP contribution is 1.93. The van der Waals surface area contributed by atoms with E-state index in [2.05, 4.69) is 27.3 Å². The summed E-state index contributed by atoms with van der Waals surface area (Å²) < 4.78 is 0. The molecule has 0 aliphatic carbocycles. The van der Waals surface area contributed by atoms with Crippen molar-refractivity contribution in [2.75, 3.05) is 5.32 Å². The third-order valence-corrected chi connectivity index (χ3v) is 0.753. The molecule has 46 valence electrons. The highest BCUT2D eigenvalue weighted by atomic mass is 15.3. The topological polar surface area (TPSA) is 50.7 Å². The Balaban J connectivity index is 2.72. The zero-order valence-electron chi connectivity index (χ0n) is 4.78. The van der Waals surface area contributed by atoms with Gasteiger partial charge in [0.05, 0.1) is 6.20 Å². The van der Waals surface area contributed by atoms with E-state index in [9.17, 15) is 0 Å². The van der Waals surface area contributed by atoms with Crippen LogP contribution >= 0.6 is 0 Å². The molecule has 0 aromatic carbocycles. The van der Waals surface area contributed by atoms with Gasteiger partial charge < -0.3 is 5.32 Å². The van der Waals surface area contributed by atoms with Gasteiger partial charge in [0.1, 0.15) is 0 Å². The van der Waals surface area contributed by atoms with E-state index >= 15 is 0 Å². The fraction of sp³-hybridized carbons (Fsp3) is 0. The summed E-state index contributed by atoms with van der Waals surface area (Å²) in [5, 5.41) is 13.3. The van der Waals surface area contributed by atoms with Gasteiger partial charge in [0.2, 0.25) is 0 Å². The van der Waals surface area contributed by atoms with Gasteiger partial charge >= 0.3 is 0 Å². The maximum absolute atomic E-state index is 3.62. The standard InChI is InChI=1S/C5H6N4/c1-2-6-5-3-4-7-9-8-5/h2-4H,1H2,(H,6,7,8). The van der Waals surface area contributed by atoms with Crippen molar-refractivity contribution < 1.29 is 0 Å². The molecule has 0 saturated carbocycles. The predicted octanol–water partition coefficient (Wildman–Crippen LogP) is 0.427. The monoisotopic (exact) mass is 122 g/mol. The van der Waals surface area contributed by atoms with Crippen molar-refractivity contribution in [3.05, 3.63) is 25.0 Å². The van der Waals surface area contributed by atoms with Crippen LogP contribution in [0.25, 0.3) is 0 Å². The summed E-state index contributed by atoms with van der Waals surface area (Å²) in [4.78, 5) is 0. The second-order valence-electron chi connectivity index (χ2n) is 1.35. The van der Waals surface area contributed by atoms with Crippen molar-refractivity contribution in [1.82, 2.24) is 15.4 Å². The molecule has 0 bridgehead atoms. The molecule has 0 spiro atoms. The number of nitrogens with one attached hydrogen (secondary N) is 1. The Bertz CT molecular complexity index is 183. The Hall–Kier alpha value is -1.45. The minimum absolute atomic E-state index is 0.653. The van der Waals surface area contributed by atoms with Crippen LogP contribution in [0, 0.1) is 0 Å². The predicted molar refractivity (Wildman–Crippen MR) is 33.6 cm³/mol. The third kappa shape index (κ3) is 1.49. The molecule has 0 aliphatic rings. The van der Waals surface area contributed by atoms with Crippen LogP contribution in [0.15, 0.2) is 25.0 Å². The van der Waals surface area contributed by atoms with Crippen molar-refractivity contribution in [2.24, 2.45) is 0 Å². The molecule has 0 aliphatic heterocycles. The molecule has 4 heteroatoms. The lowest BCUT2D eigenvalue weighted by Crippen LogP contribution is -1.92. The first-order valence-corrected chi connectivity index (χ1v) is 2.45. The summed E-state index contributed by atoms with van der Waals surface area (Å²) in [5.74, 6) is 0.653. The second kappa shape index (κ2) is 2.76. The molecule has 9 heavy (non-hydrogen) atoms. The quantitative estimate of drug-likeness (QED) is 0.617. The van der Waals surface area contributed by atoms with E-state index in [0.29, 0.717) is 5.82 Å². The first kappa shape index (κ1) is 5.68. The fourth-order valence-electron chi connectivity index (χ4n) is 0.423. The van der Waals surface area contributed by atoms with Gasteiger partial charge in [0.15, 0.2) is 5.82 Å². The summed E-state index contributed by atoms with van der Waals surface area (Å²) in [5.41, 5.74) is 0. The molecule has 0 fully saturated rings. The molecule has 0 atom stereocenters. The first-order chi connectivity index (χ1) is 4.43. The molecule has 1 rings (SSSR count). The Labute approximate surface area is 52.6 Å². The zero-order chi connectivity index (χ0) is 6.53. The number of hydrogen-bond donors (Lipinski definition) is 1. The molecule has 0 unspecified atom stereocenters. The molecule has 4 nitrogen and oxygen atoms in total. The molecular formula is C5H6N4. The van der Waals surface area contributed by atoms with E-state index in [1.54, 1.807) is 12.3 Å². The summed E-state index contributed by atoms with van der Waals surface area (Å²) >= 11 is 0. The van der Waals surface area contributed by atoms with Crippen LogP contribution < -0.4 is 5.32 Å². The number of anilines is 1. The van der Waals surface area contributed by atoms with Gasteiger partial charge in [-0.15, -0.1) is 10.2 Å². The summed E-state index contributed by atoms with van der Waals surface area (Å²) in [6, 6.07) is 1.70. The Morgan fingerprint density at radius 2 is 2.56 bits per heavy atom. The highest BCUT2D eigenvalue weighted by molar-refractivity contribution is 5.33. The van der Waals surface area contributed by atoms with E-state index in [1.165, 1.54) is 6.20 Å². The Kier molecular flexibility index (Phi) is 1.74. The lowest BCUT2D eigenvalue weighted by Gasteiger charge is -1.92. The maximum atomic E-state index is 3.62. The molecule has 1 aromatic rings. The Morgan fingerprint density at radius 1 is 1.67 bits per heavy atom. The van der Waals surface area contributed by atoms with Crippen LogP contribution in [0.5, 0.6) is 0 Å². The number of nitrogens with zero attached hydrogens (tertiary/aromatic N) is 3. The molecule has 0 amide bonds. The van der Waals surface area contributed by atoms with Crippen LogP contribution in [0.3, 0.4) is 0 Å². The third-order valence-electron chi connectivity index (χ3n) is 0.753. The van der Waals surface area contributed by atoms with Crippen LogP contribution in [-0.2, 0) is 0 Å². The van der Waals surface area contributed by atoms with E-state index in [0.717, 1.165) is 0 Å². The molecular weight excluding hydrogens is 116 g/mol. The van der Waals surface area contributed by atoms with E-state index in [-0.39, 0.29) is 0 Å². The minimum Gasteiger partial charge on any atom is -0.346 e. The van der Waals surface area contributed by atoms with Crippen molar-refractivity contribution in [1.29, 1.82) is 0 Å². The number of hydrogen-bond acceptors (Lipinski definition) is 4. The summed E-state index contributed by atoms with van der Waals surface area (Å²) in [7, 11) is 0. The van der Waals surface area contributed by atoms with Crippen molar-refractivity contribution >= 4 is 5.82 Å². The van der Waals surface area contributed by atoms with Crippen LogP contribution in [-0.4, -0.2) is 15.4 Å². The van der Waals surface area contributed by atoms with Gasteiger partial charge in [-0.1, -0.05) is 6.58 Å². The molecule has 1 heterocycles. The summed E-state index contributed by atoms with van der Waals surface area (Å²) in [6.07, 6.45) is 3.09. The van der Waals surface area contributed by atoms with Gasteiger partial charge in [0.25, 0.3) is 0 Å². The van der Waals surface area contributed by atoms with E-state index in [4.69, 9.17) is 0 Å². The van der Waals surface area contributed by atoms with Crippen LogP contribution in [0.1, 0.15) is 0 Å². The molecule has 0 radical (unpaired) electrons. The van der Waals surface area contributed by atoms with Gasteiger partial charge in [-0.05, 0) is 11.4 Å². The van der Waals surface area contributed by atoms with Gasteiger partial charge in [-0.3, -0.25) is 0 Å². The van der Waals surface area contributed by atoms with Crippen molar-refractivity contribution in [2.45, 2.75) is 0 Å². The summed E-state index contributed by atoms with van der Waals surface area (Å²) in [6.45, 7) is 3.46. The molecule has 1 aromatic heterocycles. The average Bonchev–Trinajstić information content (AvgIpc) is 1.91. The Morgan fingerprint density at radius 3 is 3.11 bits per heavy atom. The van der Waals surface area contributed by atoms with E-state index < -0.39 is 0 Å². The fourth-order valence-corrected chi connectivity index (χ4v) is 0.423. The van der Waals surface area contributed by atoms with Crippen LogP contribution in [0.4, 0.5) is 5.82 Å². The average molecular weight is 122 g/mol. The van der Waals surface area contributed by atoms with Gasteiger partial charge in [-0.25, -0.2) is 0 Å². The molecule has 0 saturated heterocycles. The maximum Gasteiger partial charge on any atom is 0.155 e. The van der Waals surface area contributed by atoms with Gasteiger partial charge in [0, 0.05) is 6.07 Å². The van der Waals surface area contributed by atoms with Crippen molar-refractivity contribution in [3.8, 4) is 0 Å². The largest absolute Gasteiger partial charge is 0.346 e.